The number of nitrogens with one attached hydrogen (secondary N) is 1. The Balaban J connectivity index is 1.67. The van der Waals surface area contributed by atoms with E-state index >= 15 is 0 Å². The van der Waals surface area contributed by atoms with E-state index < -0.39 is 0 Å². The summed E-state index contributed by atoms with van der Waals surface area (Å²) in [4.78, 5) is 38.3. The van der Waals surface area contributed by atoms with E-state index in [1.807, 2.05) is 0 Å². The molecule has 0 bridgehead atoms. The van der Waals surface area contributed by atoms with Gasteiger partial charge in [0.1, 0.15) is 5.75 Å². The van der Waals surface area contributed by atoms with E-state index in [1.54, 1.807) is 34.1 Å². The number of carbonyl (C=O) groups excluding carboxylic acids is 3. The normalized spacial score (nSPS) is 14.2. The SMILES string of the molecule is CC(=O)N1CCN(C(=O)CNC(=O)COc2ccc(Cl)cc2)CC1. The van der Waals surface area contributed by atoms with Crippen LogP contribution in [0, 0.1) is 0 Å². The molecule has 1 aromatic carbocycles. The summed E-state index contributed by atoms with van der Waals surface area (Å²) in [5.41, 5.74) is 0. The molecule has 0 atom stereocenters. The van der Waals surface area contributed by atoms with Crippen LogP contribution in [0.1, 0.15) is 6.92 Å². The molecule has 0 aliphatic carbocycles. The smallest absolute Gasteiger partial charge is 0.258 e. The van der Waals surface area contributed by atoms with Crippen LogP contribution in [0.25, 0.3) is 0 Å². The number of amides is 3. The van der Waals surface area contributed by atoms with Crippen molar-refractivity contribution in [3.63, 3.8) is 0 Å². The molecule has 0 aromatic heterocycles. The molecule has 3 amide bonds. The Morgan fingerprint density at radius 1 is 1.08 bits per heavy atom. The van der Waals surface area contributed by atoms with Crippen LogP contribution >= 0.6 is 11.6 Å². The first-order chi connectivity index (χ1) is 11.5. The van der Waals surface area contributed by atoms with E-state index in [0.717, 1.165) is 0 Å². The lowest BCUT2D eigenvalue weighted by atomic mass is 10.3. The Bertz CT molecular complexity index is 598. The summed E-state index contributed by atoms with van der Waals surface area (Å²) in [7, 11) is 0. The van der Waals surface area contributed by atoms with Crippen molar-refractivity contribution < 1.29 is 19.1 Å². The lowest BCUT2D eigenvalue weighted by Gasteiger charge is -2.34. The average Bonchev–Trinajstić information content (AvgIpc) is 2.59. The summed E-state index contributed by atoms with van der Waals surface area (Å²) < 4.78 is 5.30. The predicted molar refractivity (Wildman–Crippen MR) is 88.8 cm³/mol. The molecule has 0 unspecified atom stereocenters. The summed E-state index contributed by atoms with van der Waals surface area (Å²) in [6.45, 7) is 3.27. The average molecular weight is 354 g/mol. The number of carbonyl (C=O) groups is 3. The van der Waals surface area contributed by atoms with Gasteiger partial charge in [-0.3, -0.25) is 14.4 Å². The van der Waals surface area contributed by atoms with Gasteiger partial charge in [-0.25, -0.2) is 0 Å². The fourth-order valence-corrected chi connectivity index (χ4v) is 2.41. The monoisotopic (exact) mass is 353 g/mol. The third-order valence-corrected chi connectivity index (χ3v) is 3.95. The first kappa shape index (κ1) is 18.1. The number of nitrogens with zero attached hydrogens (tertiary/aromatic N) is 2. The summed E-state index contributed by atoms with van der Waals surface area (Å²) in [6.07, 6.45) is 0. The van der Waals surface area contributed by atoms with Gasteiger partial charge in [-0.1, -0.05) is 11.6 Å². The van der Waals surface area contributed by atoms with Crippen LogP contribution < -0.4 is 10.1 Å². The van der Waals surface area contributed by atoms with Crippen molar-refractivity contribution in [1.29, 1.82) is 0 Å². The highest BCUT2D eigenvalue weighted by Gasteiger charge is 2.22. The van der Waals surface area contributed by atoms with E-state index in [2.05, 4.69) is 5.32 Å². The number of piperazine rings is 1. The summed E-state index contributed by atoms with van der Waals surface area (Å²) in [5.74, 6) is -0.00491. The van der Waals surface area contributed by atoms with E-state index in [0.29, 0.717) is 37.0 Å². The first-order valence-electron chi connectivity index (χ1n) is 7.64. The second-order valence-electron chi connectivity index (χ2n) is 5.41. The summed E-state index contributed by atoms with van der Waals surface area (Å²) >= 11 is 5.76. The Kier molecular flexibility index (Phi) is 6.43. The number of rotatable bonds is 5. The minimum Gasteiger partial charge on any atom is -0.484 e. The van der Waals surface area contributed by atoms with Crippen LogP contribution in [0.15, 0.2) is 24.3 Å². The zero-order valence-corrected chi connectivity index (χ0v) is 14.2. The van der Waals surface area contributed by atoms with Gasteiger partial charge in [0.15, 0.2) is 6.61 Å². The quantitative estimate of drug-likeness (QED) is 0.837. The first-order valence-corrected chi connectivity index (χ1v) is 8.02. The van der Waals surface area contributed by atoms with Gasteiger partial charge in [-0.15, -0.1) is 0 Å². The summed E-state index contributed by atoms with van der Waals surface area (Å²) in [6, 6.07) is 6.66. The second-order valence-corrected chi connectivity index (χ2v) is 5.84. The Hall–Kier alpha value is -2.28. The number of ether oxygens (including phenoxy) is 1. The van der Waals surface area contributed by atoms with Crippen molar-refractivity contribution in [2.45, 2.75) is 6.92 Å². The van der Waals surface area contributed by atoms with Gasteiger partial charge < -0.3 is 19.9 Å². The molecule has 0 saturated carbocycles. The molecule has 1 heterocycles. The molecule has 7 nitrogen and oxygen atoms in total. The van der Waals surface area contributed by atoms with Crippen LogP contribution in [0.4, 0.5) is 0 Å². The molecule has 8 heteroatoms. The lowest BCUT2D eigenvalue weighted by molar-refractivity contribution is -0.138. The van der Waals surface area contributed by atoms with Crippen molar-refractivity contribution >= 4 is 29.3 Å². The standard InChI is InChI=1S/C16H20ClN3O4/c1-12(21)19-6-8-20(9-7-19)16(23)10-18-15(22)11-24-14-4-2-13(17)3-5-14/h2-5H,6-11H2,1H3,(H,18,22). The largest absolute Gasteiger partial charge is 0.484 e. The third-order valence-electron chi connectivity index (χ3n) is 3.70. The molecule has 0 spiro atoms. The van der Waals surface area contributed by atoms with Gasteiger partial charge in [0.05, 0.1) is 6.54 Å². The van der Waals surface area contributed by atoms with Crippen molar-refractivity contribution in [3.8, 4) is 5.75 Å². The zero-order chi connectivity index (χ0) is 17.5. The van der Waals surface area contributed by atoms with Gasteiger partial charge in [0.2, 0.25) is 11.8 Å². The van der Waals surface area contributed by atoms with E-state index in [9.17, 15) is 14.4 Å². The van der Waals surface area contributed by atoms with Crippen LogP contribution in [0.5, 0.6) is 5.75 Å². The number of hydrogen-bond donors (Lipinski definition) is 1. The highest BCUT2D eigenvalue weighted by atomic mass is 35.5. The lowest BCUT2D eigenvalue weighted by Crippen LogP contribution is -2.52. The van der Waals surface area contributed by atoms with E-state index in [4.69, 9.17) is 16.3 Å². The highest BCUT2D eigenvalue weighted by Crippen LogP contribution is 2.15. The minimum absolute atomic E-state index is 0.00903. The molecule has 130 valence electrons. The second kappa shape index (κ2) is 8.54. The molecular weight excluding hydrogens is 334 g/mol. The zero-order valence-electron chi connectivity index (χ0n) is 13.5. The van der Waals surface area contributed by atoms with Gasteiger partial charge >= 0.3 is 0 Å². The van der Waals surface area contributed by atoms with E-state index in [1.165, 1.54) is 6.92 Å². The molecule has 1 aliphatic heterocycles. The minimum atomic E-state index is -0.374. The molecule has 1 N–H and O–H groups in total. The summed E-state index contributed by atoms with van der Waals surface area (Å²) in [5, 5.41) is 3.12. The van der Waals surface area contributed by atoms with Crippen LogP contribution in [-0.4, -0.2) is 66.9 Å². The molecule has 1 aromatic rings. The predicted octanol–water partition coefficient (Wildman–Crippen LogP) is 0.526. The van der Waals surface area contributed by atoms with Crippen molar-refractivity contribution in [2.75, 3.05) is 39.3 Å². The number of halogens is 1. The van der Waals surface area contributed by atoms with Gasteiger partial charge in [-0.05, 0) is 24.3 Å². The molecule has 0 radical (unpaired) electrons. The maximum absolute atomic E-state index is 12.0. The topological polar surface area (TPSA) is 79.0 Å². The number of hydrogen-bond acceptors (Lipinski definition) is 4. The Morgan fingerprint density at radius 2 is 1.67 bits per heavy atom. The maximum Gasteiger partial charge on any atom is 0.258 e. The molecule has 1 fully saturated rings. The van der Waals surface area contributed by atoms with E-state index in [-0.39, 0.29) is 30.9 Å². The van der Waals surface area contributed by atoms with Gasteiger partial charge in [0, 0.05) is 38.1 Å². The Morgan fingerprint density at radius 3 is 2.25 bits per heavy atom. The van der Waals surface area contributed by atoms with Crippen molar-refractivity contribution in [2.24, 2.45) is 0 Å². The van der Waals surface area contributed by atoms with Gasteiger partial charge in [-0.2, -0.15) is 0 Å². The number of benzene rings is 1. The fourth-order valence-electron chi connectivity index (χ4n) is 2.29. The third kappa shape index (κ3) is 5.42. The molecular formula is C16H20ClN3O4. The van der Waals surface area contributed by atoms with Crippen LogP contribution in [0.2, 0.25) is 5.02 Å². The van der Waals surface area contributed by atoms with Crippen molar-refractivity contribution in [1.82, 2.24) is 15.1 Å². The van der Waals surface area contributed by atoms with Crippen molar-refractivity contribution in [3.05, 3.63) is 29.3 Å². The molecule has 24 heavy (non-hydrogen) atoms. The molecule has 1 saturated heterocycles. The van der Waals surface area contributed by atoms with Gasteiger partial charge in [0.25, 0.3) is 5.91 Å². The maximum atomic E-state index is 12.0. The van der Waals surface area contributed by atoms with Crippen LogP contribution in [-0.2, 0) is 14.4 Å². The molecule has 2 rings (SSSR count). The fraction of sp³-hybridized carbons (Fsp3) is 0.438. The Labute approximate surface area is 145 Å². The highest BCUT2D eigenvalue weighted by molar-refractivity contribution is 6.30. The van der Waals surface area contributed by atoms with Crippen LogP contribution in [0.3, 0.4) is 0 Å². The molecule has 1 aliphatic rings.